The molecule has 0 bridgehead atoms. The standard InChI is InChI=1S/C18H22/c1-13-8-7-9-14(2)18-16-11-6-4-3-5-10-15(16)12-17(13)18/h7-9,12H,3-6,10-11H2,1-2H3. The van der Waals surface area contributed by atoms with Gasteiger partial charge >= 0.3 is 0 Å². The summed E-state index contributed by atoms with van der Waals surface area (Å²) in [6, 6.07) is 9.19. The van der Waals surface area contributed by atoms with Crippen molar-refractivity contribution in [3.63, 3.8) is 0 Å². The third-order valence-corrected chi connectivity index (χ3v) is 4.41. The van der Waals surface area contributed by atoms with Crippen LogP contribution in [0.15, 0.2) is 24.3 Å². The van der Waals surface area contributed by atoms with Gasteiger partial charge in [-0.3, -0.25) is 0 Å². The van der Waals surface area contributed by atoms with Crippen molar-refractivity contribution in [2.24, 2.45) is 0 Å². The maximum absolute atomic E-state index is 2.47. The van der Waals surface area contributed by atoms with Crippen molar-refractivity contribution in [2.75, 3.05) is 0 Å². The summed E-state index contributed by atoms with van der Waals surface area (Å²) in [5.74, 6) is 0. The van der Waals surface area contributed by atoms with Crippen LogP contribution in [-0.4, -0.2) is 0 Å². The number of fused-ring (bicyclic) bond motifs is 3. The molecule has 0 nitrogen and oxygen atoms in total. The Labute approximate surface area is 110 Å². The molecule has 3 aliphatic rings. The maximum atomic E-state index is 2.47. The number of hydrogen-bond donors (Lipinski definition) is 0. The van der Waals surface area contributed by atoms with Crippen LogP contribution in [0.4, 0.5) is 0 Å². The Morgan fingerprint density at radius 2 is 1.56 bits per heavy atom. The van der Waals surface area contributed by atoms with Crippen molar-refractivity contribution >= 4 is 0 Å². The van der Waals surface area contributed by atoms with Gasteiger partial charge in [0.1, 0.15) is 0 Å². The molecule has 0 amide bonds. The van der Waals surface area contributed by atoms with E-state index in [1.165, 1.54) is 55.2 Å². The molecule has 0 aromatic carbocycles. The van der Waals surface area contributed by atoms with Crippen molar-refractivity contribution in [1.29, 1.82) is 0 Å². The van der Waals surface area contributed by atoms with Crippen molar-refractivity contribution < 1.29 is 0 Å². The lowest BCUT2D eigenvalue weighted by Gasteiger charge is -2.12. The van der Waals surface area contributed by atoms with Gasteiger partial charge in [-0.1, -0.05) is 37.1 Å². The minimum absolute atomic E-state index is 1.28. The second-order valence-corrected chi connectivity index (χ2v) is 5.74. The van der Waals surface area contributed by atoms with E-state index in [4.69, 9.17) is 0 Å². The maximum Gasteiger partial charge on any atom is -0.0117 e. The summed E-state index contributed by atoms with van der Waals surface area (Å²) in [6.45, 7) is 4.51. The van der Waals surface area contributed by atoms with E-state index in [1.54, 1.807) is 16.7 Å². The number of aryl methyl sites for hydroxylation is 3. The lowest BCUT2D eigenvalue weighted by Crippen LogP contribution is -1.97. The van der Waals surface area contributed by atoms with Crippen LogP contribution in [-0.2, 0) is 12.8 Å². The predicted octanol–water partition coefficient (Wildman–Crippen LogP) is 5.07. The highest BCUT2D eigenvalue weighted by Gasteiger charge is 2.19. The second-order valence-electron chi connectivity index (χ2n) is 5.74. The summed E-state index contributed by atoms with van der Waals surface area (Å²) in [5.41, 5.74) is 9.19. The molecule has 0 saturated carbocycles. The van der Waals surface area contributed by atoms with Crippen molar-refractivity contribution in [2.45, 2.75) is 52.4 Å². The molecule has 0 aromatic heterocycles. The zero-order chi connectivity index (χ0) is 12.5. The van der Waals surface area contributed by atoms with Crippen LogP contribution in [0.25, 0.3) is 11.1 Å². The molecule has 0 aliphatic heterocycles. The molecular formula is C18H22. The molecule has 3 rings (SSSR count). The first-order valence-electron chi connectivity index (χ1n) is 7.28. The van der Waals surface area contributed by atoms with E-state index in [0.717, 1.165) is 0 Å². The van der Waals surface area contributed by atoms with Crippen LogP contribution in [0.1, 0.15) is 47.9 Å². The molecule has 0 saturated heterocycles. The minimum atomic E-state index is 1.28. The van der Waals surface area contributed by atoms with Crippen LogP contribution in [0, 0.1) is 13.8 Å². The van der Waals surface area contributed by atoms with Gasteiger partial charge in [0.2, 0.25) is 0 Å². The van der Waals surface area contributed by atoms with Crippen LogP contribution < -0.4 is 0 Å². The average Bonchev–Trinajstić information content (AvgIpc) is 2.60. The van der Waals surface area contributed by atoms with Gasteiger partial charge in [0.05, 0.1) is 0 Å². The minimum Gasteiger partial charge on any atom is -0.0617 e. The van der Waals surface area contributed by atoms with E-state index < -0.39 is 0 Å². The highest BCUT2D eigenvalue weighted by molar-refractivity contribution is 5.78. The van der Waals surface area contributed by atoms with Crippen LogP contribution in [0.2, 0.25) is 0 Å². The largest absolute Gasteiger partial charge is 0.0617 e. The molecule has 0 heterocycles. The summed E-state index contributed by atoms with van der Waals surface area (Å²) in [4.78, 5) is 0. The highest BCUT2D eigenvalue weighted by atomic mass is 14.2. The molecule has 3 aliphatic carbocycles. The molecule has 18 heavy (non-hydrogen) atoms. The summed E-state index contributed by atoms with van der Waals surface area (Å²) in [5, 5.41) is 0. The normalized spacial score (nSPS) is 16.1. The van der Waals surface area contributed by atoms with Crippen molar-refractivity contribution in [3.8, 4) is 11.1 Å². The van der Waals surface area contributed by atoms with Crippen LogP contribution >= 0.6 is 0 Å². The topological polar surface area (TPSA) is 0 Å². The van der Waals surface area contributed by atoms with Gasteiger partial charge in [0.25, 0.3) is 0 Å². The number of rotatable bonds is 0. The zero-order valence-corrected chi connectivity index (χ0v) is 11.6. The van der Waals surface area contributed by atoms with E-state index in [1.807, 2.05) is 0 Å². The summed E-state index contributed by atoms with van der Waals surface area (Å²) >= 11 is 0. The quantitative estimate of drug-likeness (QED) is 0.601. The van der Waals surface area contributed by atoms with E-state index in [9.17, 15) is 0 Å². The molecule has 0 radical (unpaired) electrons. The molecule has 0 fully saturated rings. The predicted molar refractivity (Wildman–Crippen MR) is 78.4 cm³/mol. The van der Waals surface area contributed by atoms with Gasteiger partial charge < -0.3 is 0 Å². The second kappa shape index (κ2) is 4.76. The Hall–Kier alpha value is -1.30. The first kappa shape index (κ1) is 11.8. The Balaban J connectivity index is 2.24. The van der Waals surface area contributed by atoms with Gasteiger partial charge in [-0.25, -0.2) is 0 Å². The SMILES string of the molecule is Cc1cccc(C)c2c3c(cc1-2)CCCCCC3. The van der Waals surface area contributed by atoms with E-state index in [0.29, 0.717) is 0 Å². The Kier molecular flexibility index (Phi) is 3.11. The monoisotopic (exact) mass is 238 g/mol. The molecule has 0 N–H and O–H groups in total. The third kappa shape index (κ3) is 1.94. The average molecular weight is 238 g/mol. The molecule has 0 atom stereocenters. The van der Waals surface area contributed by atoms with Crippen LogP contribution in [0.3, 0.4) is 0 Å². The summed E-state index contributed by atoms with van der Waals surface area (Å²) < 4.78 is 0. The lowest BCUT2D eigenvalue weighted by atomic mass is 9.93. The van der Waals surface area contributed by atoms with Gasteiger partial charge in [0.15, 0.2) is 0 Å². The van der Waals surface area contributed by atoms with Crippen molar-refractivity contribution in [3.05, 3.63) is 46.5 Å². The third-order valence-electron chi connectivity index (χ3n) is 4.41. The fourth-order valence-electron chi connectivity index (χ4n) is 3.41. The summed E-state index contributed by atoms with van der Waals surface area (Å²) in [7, 11) is 0. The first-order valence-corrected chi connectivity index (χ1v) is 7.28. The van der Waals surface area contributed by atoms with E-state index in [-0.39, 0.29) is 0 Å². The highest BCUT2D eigenvalue weighted by Crippen LogP contribution is 2.38. The van der Waals surface area contributed by atoms with Crippen molar-refractivity contribution in [1.82, 2.24) is 0 Å². The first-order chi connectivity index (χ1) is 8.77. The lowest BCUT2D eigenvalue weighted by molar-refractivity contribution is 0.619. The fourth-order valence-corrected chi connectivity index (χ4v) is 3.41. The Bertz CT molecular complexity index is 536. The van der Waals surface area contributed by atoms with Gasteiger partial charge in [-0.05, 0) is 72.9 Å². The summed E-state index contributed by atoms with van der Waals surface area (Å²) in [6.07, 6.45) is 8.11. The molecule has 0 heteroatoms. The van der Waals surface area contributed by atoms with E-state index in [2.05, 4.69) is 38.1 Å². The molecule has 94 valence electrons. The molecule has 0 unspecified atom stereocenters. The van der Waals surface area contributed by atoms with Crippen LogP contribution in [0.5, 0.6) is 0 Å². The van der Waals surface area contributed by atoms with Gasteiger partial charge in [0, 0.05) is 0 Å². The van der Waals surface area contributed by atoms with E-state index >= 15 is 0 Å². The molecule has 0 aromatic rings. The molecular weight excluding hydrogens is 216 g/mol. The van der Waals surface area contributed by atoms with Gasteiger partial charge in [-0.15, -0.1) is 0 Å². The Morgan fingerprint density at radius 3 is 2.39 bits per heavy atom. The Morgan fingerprint density at radius 1 is 0.833 bits per heavy atom. The fraction of sp³-hybridized carbons (Fsp3) is 0.444. The number of hydrogen-bond acceptors (Lipinski definition) is 0. The van der Waals surface area contributed by atoms with Gasteiger partial charge in [-0.2, -0.15) is 0 Å². The smallest absolute Gasteiger partial charge is 0.0117 e. The zero-order valence-electron chi connectivity index (χ0n) is 11.6. The molecule has 0 spiro atoms.